The Morgan fingerprint density at radius 2 is 1.14 bits per heavy atom. The lowest BCUT2D eigenvalue weighted by atomic mass is 9.86. The Morgan fingerprint density at radius 1 is 0.591 bits per heavy atom. The fourth-order valence-corrected chi connectivity index (χ4v) is 6.75. The molecule has 0 saturated carbocycles. The SMILES string of the molecule is CCn1c2ccc(CO)cc2c2cc(-c3cccc(OCc4ccc5c(c4)c4cc(C(C)(C)C)ccc4n5CC)c3)ccc21. The molecule has 7 aromatic rings. The Morgan fingerprint density at radius 3 is 1.77 bits per heavy atom. The van der Waals surface area contributed by atoms with Crippen LogP contribution >= 0.6 is 0 Å². The van der Waals surface area contributed by atoms with Crippen molar-refractivity contribution in [3.8, 4) is 16.9 Å². The predicted molar refractivity (Wildman–Crippen MR) is 185 cm³/mol. The van der Waals surface area contributed by atoms with Crippen molar-refractivity contribution in [3.63, 3.8) is 0 Å². The van der Waals surface area contributed by atoms with Crippen LogP contribution in [-0.4, -0.2) is 14.2 Å². The first-order valence-electron chi connectivity index (χ1n) is 15.7. The quantitative estimate of drug-likeness (QED) is 0.204. The summed E-state index contributed by atoms with van der Waals surface area (Å²) >= 11 is 0. The molecule has 0 aliphatic carbocycles. The molecule has 0 aliphatic rings. The third-order valence-electron chi connectivity index (χ3n) is 9.11. The molecule has 0 atom stereocenters. The minimum absolute atomic E-state index is 0.0410. The number of aromatic nitrogens is 2. The molecular formula is C40H40N2O2. The van der Waals surface area contributed by atoms with Crippen LogP contribution in [0, 0.1) is 0 Å². The first-order chi connectivity index (χ1) is 21.3. The van der Waals surface area contributed by atoms with Crippen molar-refractivity contribution in [3.05, 3.63) is 114 Å². The van der Waals surface area contributed by atoms with E-state index >= 15 is 0 Å². The van der Waals surface area contributed by atoms with E-state index in [1.165, 1.54) is 49.2 Å². The van der Waals surface area contributed by atoms with Gasteiger partial charge in [-0.15, -0.1) is 0 Å². The van der Waals surface area contributed by atoms with Gasteiger partial charge in [-0.1, -0.05) is 57.2 Å². The van der Waals surface area contributed by atoms with Gasteiger partial charge in [0.05, 0.1) is 6.61 Å². The summed E-state index contributed by atoms with van der Waals surface area (Å²) in [6.07, 6.45) is 0. The molecule has 0 bridgehead atoms. The third kappa shape index (κ3) is 4.74. The zero-order valence-electron chi connectivity index (χ0n) is 26.3. The Balaban J connectivity index is 1.20. The second kappa shape index (κ2) is 10.9. The molecule has 1 N–H and O–H groups in total. The maximum atomic E-state index is 9.76. The monoisotopic (exact) mass is 580 g/mol. The molecule has 7 rings (SSSR count). The average Bonchev–Trinajstić information content (AvgIpc) is 3.53. The van der Waals surface area contributed by atoms with Crippen molar-refractivity contribution in [2.75, 3.05) is 0 Å². The fraction of sp³-hybridized carbons (Fsp3) is 0.250. The summed E-state index contributed by atoms with van der Waals surface area (Å²) in [6.45, 7) is 13.6. The van der Waals surface area contributed by atoms with Crippen LogP contribution in [-0.2, 0) is 31.7 Å². The second-order valence-electron chi connectivity index (χ2n) is 12.9. The highest BCUT2D eigenvalue weighted by molar-refractivity contribution is 6.10. The van der Waals surface area contributed by atoms with Gasteiger partial charge >= 0.3 is 0 Å². The standard InChI is InChI=1S/C40H40N2O2/c1-6-41-36-15-11-26(24-43)19-32(36)34-22-29(13-17-38(34)41)28-9-8-10-31(21-28)44-25-27-12-16-37-33(20-27)35-23-30(40(3,4)5)14-18-39(35)42(37)7-2/h8-23,43H,6-7,24-25H2,1-5H3. The summed E-state index contributed by atoms with van der Waals surface area (Å²) in [7, 11) is 0. The fourth-order valence-electron chi connectivity index (χ4n) is 6.75. The molecule has 0 fully saturated rings. The van der Waals surface area contributed by atoms with Gasteiger partial charge in [-0.05, 0) is 108 Å². The molecule has 2 heterocycles. The Labute approximate surface area is 259 Å². The lowest BCUT2D eigenvalue weighted by Gasteiger charge is -2.19. The Hall–Kier alpha value is -4.54. The maximum Gasteiger partial charge on any atom is 0.120 e. The number of ether oxygens (including phenoxy) is 1. The number of rotatable bonds is 7. The summed E-state index contributed by atoms with van der Waals surface area (Å²) in [5, 5.41) is 14.7. The Bertz CT molecular complexity index is 2170. The van der Waals surface area contributed by atoms with Crippen molar-refractivity contribution in [2.45, 2.75) is 66.3 Å². The van der Waals surface area contributed by atoms with Crippen LogP contribution in [0.15, 0.2) is 97.1 Å². The molecule has 4 heteroatoms. The Kier molecular flexibility index (Phi) is 6.98. The molecule has 0 saturated heterocycles. The van der Waals surface area contributed by atoms with Gasteiger partial charge in [-0.25, -0.2) is 0 Å². The number of hydrogen-bond acceptors (Lipinski definition) is 2. The lowest BCUT2D eigenvalue weighted by molar-refractivity contribution is 0.282. The van der Waals surface area contributed by atoms with E-state index in [2.05, 4.69) is 129 Å². The normalized spacial score (nSPS) is 12.2. The summed E-state index contributed by atoms with van der Waals surface area (Å²) in [5.74, 6) is 0.854. The van der Waals surface area contributed by atoms with E-state index in [1.54, 1.807) is 0 Å². The van der Waals surface area contributed by atoms with Crippen molar-refractivity contribution < 1.29 is 9.84 Å². The number of nitrogens with zero attached hydrogens (tertiary/aromatic N) is 2. The van der Waals surface area contributed by atoms with Gasteiger partial charge in [-0.3, -0.25) is 0 Å². The van der Waals surface area contributed by atoms with Crippen LogP contribution in [0.2, 0.25) is 0 Å². The highest BCUT2D eigenvalue weighted by Crippen LogP contribution is 2.36. The topological polar surface area (TPSA) is 39.3 Å². The molecule has 44 heavy (non-hydrogen) atoms. The molecule has 0 radical (unpaired) electrons. The van der Waals surface area contributed by atoms with Crippen molar-refractivity contribution in [1.82, 2.24) is 9.13 Å². The van der Waals surface area contributed by atoms with Crippen LogP contribution in [0.3, 0.4) is 0 Å². The smallest absolute Gasteiger partial charge is 0.120 e. The zero-order chi connectivity index (χ0) is 30.6. The molecule has 5 aromatic carbocycles. The lowest BCUT2D eigenvalue weighted by Crippen LogP contribution is -2.10. The van der Waals surface area contributed by atoms with E-state index in [0.29, 0.717) is 6.61 Å². The van der Waals surface area contributed by atoms with Crippen LogP contribution < -0.4 is 4.74 Å². The van der Waals surface area contributed by atoms with E-state index < -0.39 is 0 Å². The minimum atomic E-state index is 0.0410. The van der Waals surface area contributed by atoms with Gasteiger partial charge in [0.1, 0.15) is 12.4 Å². The molecule has 0 spiro atoms. The number of aliphatic hydroxyl groups excluding tert-OH is 1. The van der Waals surface area contributed by atoms with Crippen LogP contribution in [0.1, 0.15) is 51.3 Å². The van der Waals surface area contributed by atoms with E-state index in [9.17, 15) is 5.11 Å². The number of hydrogen-bond donors (Lipinski definition) is 1. The summed E-state index contributed by atoms with van der Waals surface area (Å²) in [4.78, 5) is 0. The second-order valence-corrected chi connectivity index (χ2v) is 12.9. The summed E-state index contributed by atoms with van der Waals surface area (Å²) < 4.78 is 11.1. The third-order valence-corrected chi connectivity index (χ3v) is 9.11. The number of aliphatic hydroxyl groups is 1. The summed E-state index contributed by atoms with van der Waals surface area (Å²) in [6, 6.07) is 35.0. The van der Waals surface area contributed by atoms with Crippen molar-refractivity contribution >= 4 is 43.6 Å². The van der Waals surface area contributed by atoms with Crippen LogP contribution in [0.5, 0.6) is 5.75 Å². The van der Waals surface area contributed by atoms with Crippen molar-refractivity contribution in [1.29, 1.82) is 0 Å². The number of fused-ring (bicyclic) bond motifs is 6. The van der Waals surface area contributed by atoms with Crippen LogP contribution in [0.25, 0.3) is 54.7 Å². The molecule has 0 amide bonds. The number of aryl methyl sites for hydroxylation is 2. The minimum Gasteiger partial charge on any atom is -0.489 e. The van der Waals surface area contributed by atoms with E-state index in [0.717, 1.165) is 41.1 Å². The van der Waals surface area contributed by atoms with Gasteiger partial charge in [0.15, 0.2) is 0 Å². The molecule has 0 aliphatic heterocycles. The molecule has 2 aromatic heterocycles. The van der Waals surface area contributed by atoms with E-state index in [1.807, 2.05) is 12.1 Å². The molecule has 0 unspecified atom stereocenters. The van der Waals surface area contributed by atoms with Gasteiger partial charge in [-0.2, -0.15) is 0 Å². The van der Waals surface area contributed by atoms with Gasteiger partial charge in [0, 0.05) is 56.7 Å². The predicted octanol–water partition coefficient (Wildman–Crippen LogP) is 9.98. The van der Waals surface area contributed by atoms with Crippen molar-refractivity contribution in [2.24, 2.45) is 0 Å². The molecule has 222 valence electrons. The first-order valence-corrected chi connectivity index (χ1v) is 15.7. The number of benzene rings is 5. The van der Waals surface area contributed by atoms with Gasteiger partial charge in [0.25, 0.3) is 0 Å². The molecular weight excluding hydrogens is 540 g/mol. The largest absolute Gasteiger partial charge is 0.489 e. The molecule has 4 nitrogen and oxygen atoms in total. The van der Waals surface area contributed by atoms with E-state index in [4.69, 9.17) is 4.74 Å². The highest BCUT2D eigenvalue weighted by Gasteiger charge is 2.17. The van der Waals surface area contributed by atoms with Gasteiger partial charge in [0.2, 0.25) is 0 Å². The van der Waals surface area contributed by atoms with E-state index in [-0.39, 0.29) is 12.0 Å². The van der Waals surface area contributed by atoms with Gasteiger partial charge < -0.3 is 19.0 Å². The first kappa shape index (κ1) is 28.2. The maximum absolute atomic E-state index is 9.76. The average molecular weight is 581 g/mol. The highest BCUT2D eigenvalue weighted by atomic mass is 16.5. The zero-order valence-corrected chi connectivity index (χ0v) is 26.3. The van der Waals surface area contributed by atoms with Crippen LogP contribution in [0.4, 0.5) is 0 Å². The summed E-state index contributed by atoms with van der Waals surface area (Å²) in [5.41, 5.74) is 10.8.